The van der Waals surface area contributed by atoms with Gasteiger partial charge in [0.2, 0.25) is 10.0 Å². The van der Waals surface area contributed by atoms with Crippen molar-refractivity contribution in [2.24, 2.45) is 7.05 Å². The summed E-state index contributed by atoms with van der Waals surface area (Å²) in [7, 11) is -0.625. The number of hydrogen-bond donors (Lipinski definition) is 2. The monoisotopic (exact) mass is 273 g/mol. The van der Waals surface area contributed by atoms with E-state index in [1.54, 1.807) is 7.05 Å². The summed E-state index contributed by atoms with van der Waals surface area (Å²) in [4.78, 5) is 13.5. The van der Waals surface area contributed by atoms with Crippen LogP contribution in [0.15, 0.2) is 17.2 Å². The van der Waals surface area contributed by atoms with E-state index in [0.29, 0.717) is 0 Å². The molecule has 2 rings (SSSR count). The molecule has 0 radical (unpaired) electrons. The van der Waals surface area contributed by atoms with Crippen molar-refractivity contribution in [2.45, 2.75) is 11.0 Å². The number of amides is 1. The zero-order valence-electron chi connectivity index (χ0n) is 10.1. The molecule has 0 saturated carbocycles. The Labute approximate surface area is 105 Å². The number of aromatic nitrogens is 1. The van der Waals surface area contributed by atoms with Gasteiger partial charge in [-0.3, -0.25) is 4.79 Å². The lowest BCUT2D eigenvalue weighted by atomic mass is 10.1. The van der Waals surface area contributed by atoms with E-state index in [-0.39, 0.29) is 29.6 Å². The molecule has 2 heterocycles. The molecule has 1 aliphatic rings. The van der Waals surface area contributed by atoms with Crippen molar-refractivity contribution in [1.29, 1.82) is 0 Å². The van der Waals surface area contributed by atoms with Crippen molar-refractivity contribution in [3.8, 4) is 0 Å². The first-order chi connectivity index (χ1) is 8.35. The molecule has 0 unspecified atom stereocenters. The van der Waals surface area contributed by atoms with Gasteiger partial charge in [0.1, 0.15) is 10.6 Å². The molecule has 8 heteroatoms. The van der Waals surface area contributed by atoms with Crippen molar-refractivity contribution in [3.05, 3.63) is 18.0 Å². The van der Waals surface area contributed by atoms with Gasteiger partial charge < -0.3 is 14.6 Å². The normalized spacial score (nSPS) is 16.7. The van der Waals surface area contributed by atoms with Crippen LogP contribution in [0.25, 0.3) is 0 Å². The fourth-order valence-electron chi connectivity index (χ4n) is 1.79. The molecule has 0 bridgehead atoms. The third-order valence-electron chi connectivity index (χ3n) is 2.93. The lowest BCUT2D eigenvalue weighted by molar-refractivity contribution is 0.00526. The smallest absolute Gasteiger partial charge is 0.270 e. The van der Waals surface area contributed by atoms with Crippen LogP contribution in [0.4, 0.5) is 0 Å². The second-order valence-electron chi connectivity index (χ2n) is 4.24. The van der Waals surface area contributed by atoms with E-state index in [2.05, 4.69) is 4.72 Å². The second kappa shape index (κ2) is 4.38. The molecule has 1 aliphatic heterocycles. The average molecular weight is 273 g/mol. The van der Waals surface area contributed by atoms with Crippen LogP contribution >= 0.6 is 0 Å². The van der Waals surface area contributed by atoms with Gasteiger partial charge in [0.25, 0.3) is 5.91 Å². The summed E-state index contributed by atoms with van der Waals surface area (Å²) in [5.41, 5.74) is 0.288. The van der Waals surface area contributed by atoms with E-state index in [0.717, 1.165) is 0 Å². The van der Waals surface area contributed by atoms with Crippen LogP contribution < -0.4 is 4.72 Å². The minimum absolute atomic E-state index is 0.0527. The highest BCUT2D eigenvalue weighted by Crippen LogP contribution is 2.17. The van der Waals surface area contributed by atoms with E-state index >= 15 is 0 Å². The maximum absolute atomic E-state index is 12.0. The molecule has 2 N–H and O–H groups in total. The van der Waals surface area contributed by atoms with Crippen LogP contribution in [0.3, 0.4) is 0 Å². The highest BCUT2D eigenvalue weighted by atomic mass is 32.2. The fourth-order valence-corrected chi connectivity index (χ4v) is 2.59. The predicted octanol–water partition coefficient (Wildman–Crippen LogP) is -1.25. The van der Waals surface area contributed by atoms with E-state index in [1.165, 1.54) is 28.8 Å². The van der Waals surface area contributed by atoms with Crippen molar-refractivity contribution >= 4 is 15.9 Å². The molecular weight excluding hydrogens is 258 g/mol. The molecule has 1 saturated heterocycles. The topological polar surface area (TPSA) is 91.6 Å². The number of likely N-dealkylation sites (tertiary alicyclic amines) is 1. The maximum atomic E-state index is 12.0. The Kier molecular flexibility index (Phi) is 3.18. The number of carbonyl (C=O) groups is 1. The van der Waals surface area contributed by atoms with Gasteiger partial charge in [0, 0.05) is 26.3 Å². The zero-order valence-corrected chi connectivity index (χ0v) is 10.9. The molecule has 18 heavy (non-hydrogen) atoms. The number of aliphatic hydroxyl groups excluding tert-OH is 1. The van der Waals surface area contributed by atoms with Gasteiger partial charge in [-0.1, -0.05) is 0 Å². The van der Waals surface area contributed by atoms with E-state index in [4.69, 9.17) is 5.11 Å². The first-order valence-electron chi connectivity index (χ1n) is 5.42. The summed E-state index contributed by atoms with van der Waals surface area (Å²) in [6.07, 6.45) is 0.907. The van der Waals surface area contributed by atoms with Crippen LogP contribution in [-0.2, 0) is 17.1 Å². The highest BCUT2D eigenvalue weighted by Gasteiger charge is 2.31. The first kappa shape index (κ1) is 13.1. The Morgan fingerprint density at radius 3 is 2.61 bits per heavy atom. The number of hydrogen-bond acceptors (Lipinski definition) is 4. The number of rotatable bonds is 3. The van der Waals surface area contributed by atoms with Crippen LogP contribution in [0, 0.1) is 0 Å². The molecule has 0 aromatic carbocycles. The largest absolute Gasteiger partial charge is 0.389 e. The van der Waals surface area contributed by atoms with E-state index in [9.17, 15) is 13.2 Å². The molecule has 0 aliphatic carbocycles. The van der Waals surface area contributed by atoms with Crippen LogP contribution in [-0.4, -0.2) is 55.1 Å². The Morgan fingerprint density at radius 2 is 2.11 bits per heavy atom. The fraction of sp³-hybridized carbons (Fsp3) is 0.500. The number of sulfonamides is 1. The van der Waals surface area contributed by atoms with Crippen LogP contribution in [0.5, 0.6) is 0 Å². The predicted molar refractivity (Wildman–Crippen MR) is 63.6 cm³/mol. The number of nitrogens with zero attached hydrogens (tertiary/aromatic N) is 2. The quantitative estimate of drug-likeness (QED) is 0.720. The lowest BCUT2D eigenvalue weighted by Gasteiger charge is -2.35. The van der Waals surface area contributed by atoms with E-state index < -0.39 is 16.1 Å². The zero-order chi connectivity index (χ0) is 13.5. The van der Waals surface area contributed by atoms with Crippen molar-refractivity contribution < 1.29 is 18.3 Å². The second-order valence-corrected chi connectivity index (χ2v) is 6.13. The van der Waals surface area contributed by atoms with Gasteiger partial charge in [-0.15, -0.1) is 0 Å². The number of aliphatic hydroxyl groups is 1. The summed E-state index contributed by atoms with van der Waals surface area (Å²) >= 11 is 0. The van der Waals surface area contributed by atoms with Gasteiger partial charge in [-0.25, -0.2) is 13.1 Å². The molecule has 1 aromatic heterocycles. The van der Waals surface area contributed by atoms with Crippen molar-refractivity contribution in [3.63, 3.8) is 0 Å². The summed E-state index contributed by atoms with van der Waals surface area (Å²) < 4.78 is 26.9. The maximum Gasteiger partial charge on any atom is 0.270 e. The van der Waals surface area contributed by atoms with Gasteiger partial charge in [-0.2, -0.15) is 0 Å². The Morgan fingerprint density at radius 1 is 1.50 bits per heavy atom. The summed E-state index contributed by atoms with van der Waals surface area (Å²) in [6, 6.07) is 1.33. The molecule has 7 nitrogen and oxygen atoms in total. The standard InChI is InChI=1S/C10H15N3O4S/c1-11-18(16,17)8-3-9(12(2)6-8)10(15)13-4-7(14)5-13/h3,6-7,11,14H,4-5H2,1-2H3. The summed E-state index contributed by atoms with van der Waals surface area (Å²) in [5, 5.41) is 9.15. The van der Waals surface area contributed by atoms with Gasteiger partial charge in [0.05, 0.1) is 6.10 Å². The number of carbonyl (C=O) groups excluding carboxylic acids is 1. The SMILES string of the molecule is CNS(=O)(=O)c1cc(C(=O)N2CC(O)C2)n(C)c1. The molecule has 1 amide bonds. The number of β-amino-alcohol motifs (C(OH)–C–C–N with tert-alkyl or cyclic N) is 1. The molecule has 1 fully saturated rings. The summed E-state index contributed by atoms with van der Waals surface area (Å²) in [5.74, 6) is -0.277. The van der Waals surface area contributed by atoms with Gasteiger partial charge >= 0.3 is 0 Å². The summed E-state index contributed by atoms with van der Waals surface area (Å²) in [6.45, 7) is 0.580. The minimum Gasteiger partial charge on any atom is -0.389 e. The van der Waals surface area contributed by atoms with E-state index in [1.807, 2.05) is 0 Å². The molecule has 1 aromatic rings. The minimum atomic E-state index is -3.55. The third kappa shape index (κ3) is 2.14. The first-order valence-corrected chi connectivity index (χ1v) is 6.90. The Hall–Kier alpha value is -1.38. The Balaban J connectivity index is 2.27. The Bertz CT molecular complexity index is 572. The van der Waals surface area contributed by atoms with Crippen molar-refractivity contribution in [1.82, 2.24) is 14.2 Å². The molecule has 0 spiro atoms. The van der Waals surface area contributed by atoms with Gasteiger partial charge in [0.15, 0.2) is 0 Å². The molecular formula is C10H15N3O4S. The third-order valence-corrected chi connectivity index (χ3v) is 4.31. The van der Waals surface area contributed by atoms with Crippen LogP contribution in [0.2, 0.25) is 0 Å². The van der Waals surface area contributed by atoms with Crippen LogP contribution in [0.1, 0.15) is 10.5 Å². The van der Waals surface area contributed by atoms with Gasteiger partial charge in [-0.05, 0) is 13.1 Å². The number of nitrogens with one attached hydrogen (secondary N) is 1. The average Bonchev–Trinajstić information content (AvgIpc) is 2.67. The lowest BCUT2D eigenvalue weighted by Crippen LogP contribution is -2.53. The highest BCUT2D eigenvalue weighted by molar-refractivity contribution is 7.89. The van der Waals surface area contributed by atoms with Crippen molar-refractivity contribution in [2.75, 3.05) is 20.1 Å². The number of aryl methyl sites for hydroxylation is 1. The molecule has 100 valence electrons. The molecule has 0 atom stereocenters.